The molecule has 1 fully saturated rings. The summed E-state index contributed by atoms with van der Waals surface area (Å²) in [7, 11) is 3.42. The molecule has 1 aliphatic rings. The van der Waals surface area contributed by atoms with Crippen LogP contribution in [0.1, 0.15) is 40.0 Å². The zero-order chi connectivity index (χ0) is 16.0. The van der Waals surface area contributed by atoms with Crippen LogP contribution in [-0.4, -0.2) is 55.9 Å². The zero-order valence-electron chi connectivity index (χ0n) is 13.8. The summed E-state index contributed by atoms with van der Waals surface area (Å²) >= 11 is 0. The number of hydrogen-bond acceptors (Lipinski definition) is 5. The van der Waals surface area contributed by atoms with Crippen molar-refractivity contribution in [3.8, 4) is 0 Å². The van der Waals surface area contributed by atoms with E-state index < -0.39 is 23.7 Å². The van der Waals surface area contributed by atoms with E-state index in [4.69, 9.17) is 9.47 Å². The Morgan fingerprint density at radius 3 is 2.33 bits per heavy atom. The minimum Gasteiger partial charge on any atom is -0.467 e. The Hall–Kier alpha value is -1.30. The largest absolute Gasteiger partial charge is 0.467 e. The monoisotopic (exact) mass is 300 g/mol. The lowest BCUT2D eigenvalue weighted by Gasteiger charge is -2.31. The third-order valence-corrected chi connectivity index (χ3v) is 3.58. The molecule has 0 aromatic heterocycles. The van der Waals surface area contributed by atoms with E-state index in [0.717, 1.165) is 25.9 Å². The van der Waals surface area contributed by atoms with Gasteiger partial charge < -0.3 is 19.7 Å². The van der Waals surface area contributed by atoms with E-state index in [1.165, 1.54) is 7.11 Å². The van der Waals surface area contributed by atoms with Crippen LogP contribution in [0.2, 0.25) is 0 Å². The van der Waals surface area contributed by atoms with Crippen LogP contribution in [0.5, 0.6) is 0 Å². The molecule has 0 unspecified atom stereocenters. The van der Waals surface area contributed by atoms with Gasteiger partial charge in [-0.25, -0.2) is 9.59 Å². The fourth-order valence-corrected chi connectivity index (χ4v) is 2.44. The lowest BCUT2D eigenvalue weighted by atomic mass is 9.90. The first-order valence-electron chi connectivity index (χ1n) is 7.47. The minimum atomic E-state index is -0.641. The number of methoxy groups -OCH3 is 1. The second kappa shape index (κ2) is 7.64. The summed E-state index contributed by atoms with van der Waals surface area (Å²) < 4.78 is 9.99. The number of carbonyl (C=O) groups excluding carboxylic acids is 2. The summed E-state index contributed by atoms with van der Waals surface area (Å²) in [5.74, 6) is 0.0000222. The Labute approximate surface area is 127 Å². The summed E-state index contributed by atoms with van der Waals surface area (Å²) in [5.41, 5.74) is -0.585. The molecule has 1 rings (SSSR count). The second-order valence-corrected chi connectivity index (χ2v) is 6.70. The minimum absolute atomic E-state index is 0.417. The van der Waals surface area contributed by atoms with Gasteiger partial charge >= 0.3 is 12.1 Å². The van der Waals surface area contributed by atoms with Gasteiger partial charge in [0.25, 0.3) is 0 Å². The Kier molecular flexibility index (Phi) is 6.45. The first-order valence-corrected chi connectivity index (χ1v) is 7.47. The van der Waals surface area contributed by atoms with E-state index >= 15 is 0 Å². The van der Waals surface area contributed by atoms with Crippen molar-refractivity contribution in [3.05, 3.63) is 0 Å². The third-order valence-electron chi connectivity index (χ3n) is 3.58. The molecule has 122 valence electrons. The Morgan fingerprint density at radius 1 is 1.29 bits per heavy atom. The lowest BCUT2D eigenvalue weighted by Crippen LogP contribution is -2.45. The number of alkyl carbamates (subject to hydrolysis) is 1. The summed E-state index contributed by atoms with van der Waals surface area (Å²) in [6.07, 6.45) is 2.07. The van der Waals surface area contributed by atoms with Gasteiger partial charge in [0.2, 0.25) is 0 Å². The van der Waals surface area contributed by atoms with Crippen molar-refractivity contribution >= 4 is 12.1 Å². The van der Waals surface area contributed by atoms with Crippen LogP contribution in [0, 0.1) is 5.92 Å². The maximum absolute atomic E-state index is 11.8. The Balaban J connectivity index is 2.55. The second-order valence-electron chi connectivity index (χ2n) is 6.70. The third kappa shape index (κ3) is 6.80. The van der Waals surface area contributed by atoms with E-state index in [0.29, 0.717) is 12.3 Å². The predicted molar refractivity (Wildman–Crippen MR) is 80.0 cm³/mol. The Bertz CT molecular complexity index is 357. The summed E-state index contributed by atoms with van der Waals surface area (Å²) in [5, 5.41) is 2.63. The van der Waals surface area contributed by atoms with Crippen LogP contribution in [0.25, 0.3) is 0 Å². The van der Waals surface area contributed by atoms with Gasteiger partial charge in [-0.3, -0.25) is 0 Å². The fraction of sp³-hybridized carbons (Fsp3) is 0.867. The molecule has 0 saturated carbocycles. The van der Waals surface area contributed by atoms with Gasteiger partial charge in [0, 0.05) is 0 Å². The van der Waals surface area contributed by atoms with Crippen molar-refractivity contribution in [1.82, 2.24) is 10.2 Å². The molecule has 1 aliphatic heterocycles. The van der Waals surface area contributed by atoms with E-state index in [9.17, 15) is 9.59 Å². The highest BCUT2D eigenvalue weighted by molar-refractivity contribution is 5.81. The summed E-state index contributed by atoms with van der Waals surface area (Å²) in [4.78, 5) is 26.0. The molecule has 0 aromatic carbocycles. The van der Waals surface area contributed by atoms with Gasteiger partial charge in [-0.1, -0.05) is 0 Å². The van der Waals surface area contributed by atoms with E-state index in [1.807, 2.05) is 0 Å². The molecule has 0 aromatic rings. The molecule has 6 heteroatoms. The molecule has 6 nitrogen and oxygen atoms in total. The first kappa shape index (κ1) is 17.8. The topological polar surface area (TPSA) is 67.9 Å². The molecule has 0 radical (unpaired) electrons. The van der Waals surface area contributed by atoms with Crippen LogP contribution in [0.15, 0.2) is 0 Å². The maximum Gasteiger partial charge on any atom is 0.408 e. The number of rotatable bonds is 4. The number of hydrogen-bond donors (Lipinski definition) is 1. The molecule has 21 heavy (non-hydrogen) atoms. The predicted octanol–water partition coefficient (Wildman–Crippen LogP) is 1.78. The van der Waals surface area contributed by atoms with Crippen molar-refractivity contribution in [2.24, 2.45) is 5.92 Å². The van der Waals surface area contributed by atoms with Crippen LogP contribution < -0.4 is 5.32 Å². The summed E-state index contributed by atoms with van der Waals surface area (Å²) in [6, 6.07) is -0.641. The molecule has 1 N–H and O–H groups in total. The number of likely N-dealkylation sites (tertiary alicyclic amines) is 1. The van der Waals surface area contributed by atoms with Gasteiger partial charge in [0.15, 0.2) is 0 Å². The van der Waals surface area contributed by atoms with Crippen molar-refractivity contribution in [2.75, 3.05) is 27.2 Å². The van der Waals surface area contributed by atoms with Gasteiger partial charge in [-0.2, -0.15) is 0 Å². The first-order chi connectivity index (χ1) is 9.71. The van der Waals surface area contributed by atoms with Gasteiger partial charge in [-0.15, -0.1) is 0 Å². The molecule has 1 amide bonds. The number of nitrogens with zero attached hydrogens (tertiary/aromatic N) is 1. The van der Waals surface area contributed by atoms with Crippen molar-refractivity contribution < 1.29 is 19.1 Å². The quantitative estimate of drug-likeness (QED) is 0.802. The SMILES string of the molecule is COC(=O)[C@H](CC1CCN(C)CC1)NC(=O)OC(C)(C)C. The zero-order valence-corrected chi connectivity index (χ0v) is 13.8. The van der Waals surface area contributed by atoms with Crippen molar-refractivity contribution in [2.45, 2.75) is 51.7 Å². The van der Waals surface area contributed by atoms with E-state index in [1.54, 1.807) is 20.8 Å². The summed E-state index contributed by atoms with van der Waals surface area (Å²) in [6.45, 7) is 7.40. The number of amides is 1. The van der Waals surface area contributed by atoms with Crippen molar-refractivity contribution in [3.63, 3.8) is 0 Å². The highest BCUT2D eigenvalue weighted by atomic mass is 16.6. The fourth-order valence-electron chi connectivity index (χ4n) is 2.44. The van der Waals surface area contributed by atoms with Gasteiger partial charge in [0.1, 0.15) is 11.6 Å². The normalized spacial score (nSPS) is 18.9. The smallest absolute Gasteiger partial charge is 0.408 e. The molecule has 0 spiro atoms. The van der Waals surface area contributed by atoms with Crippen LogP contribution in [-0.2, 0) is 14.3 Å². The van der Waals surface area contributed by atoms with E-state index in [-0.39, 0.29) is 0 Å². The van der Waals surface area contributed by atoms with Crippen LogP contribution >= 0.6 is 0 Å². The average molecular weight is 300 g/mol. The number of carbonyl (C=O) groups is 2. The average Bonchev–Trinajstić information content (AvgIpc) is 2.37. The Morgan fingerprint density at radius 2 is 1.86 bits per heavy atom. The maximum atomic E-state index is 11.8. The standard InChI is InChI=1S/C15H28N2O4/c1-15(2,3)21-14(19)16-12(13(18)20-5)10-11-6-8-17(4)9-7-11/h11-12H,6-10H2,1-5H3,(H,16,19)/t12-/m0/s1. The highest BCUT2D eigenvalue weighted by Crippen LogP contribution is 2.21. The highest BCUT2D eigenvalue weighted by Gasteiger charge is 2.29. The number of piperidine rings is 1. The van der Waals surface area contributed by atoms with Crippen LogP contribution in [0.4, 0.5) is 4.79 Å². The molecule has 0 bridgehead atoms. The molecule has 1 atom stereocenters. The molecule has 1 saturated heterocycles. The lowest BCUT2D eigenvalue weighted by molar-refractivity contribution is -0.143. The molecular weight excluding hydrogens is 272 g/mol. The van der Waals surface area contributed by atoms with Gasteiger partial charge in [0.05, 0.1) is 7.11 Å². The van der Waals surface area contributed by atoms with E-state index in [2.05, 4.69) is 17.3 Å². The number of ether oxygens (including phenoxy) is 2. The van der Waals surface area contributed by atoms with Gasteiger partial charge in [-0.05, 0) is 66.1 Å². The van der Waals surface area contributed by atoms with Crippen LogP contribution in [0.3, 0.4) is 0 Å². The molecular formula is C15H28N2O4. The van der Waals surface area contributed by atoms with Crippen molar-refractivity contribution in [1.29, 1.82) is 0 Å². The number of nitrogens with one attached hydrogen (secondary N) is 1. The molecule has 0 aliphatic carbocycles. The number of esters is 1. The molecule has 1 heterocycles.